The lowest BCUT2D eigenvalue weighted by Crippen LogP contribution is -2.46. The zero-order chi connectivity index (χ0) is 12.8. The normalized spacial score (nSPS) is 20.6. The van der Waals surface area contributed by atoms with Crippen LogP contribution < -0.4 is 5.73 Å². The minimum absolute atomic E-state index is 0.0890. The highest BCUT2D eigenvalue weighted by Crippen LogP contribution is 2.22. The van der Waals surface area contributed by atoms with Crippen molar-refractivity contribution < 1.29 is 4.74 Å². The summed E-state index contributed by atoms with van der Waals surface area (Å²) in [5, 5.41) is 0. The average molecular weight is 249 g/mol. The molecule has 4 heteroatoms. The predicted molar refractivity (Wildman–Crippen MR) is 72.4 cm³/mol. The van der Waals surface area contributed by atoms with Gasteiger partial charge in [-0.1, -0.05) is 13.0 Å². The van der Waals surface area contributed by atoms with Gasteiger partial charge in [0.1, 0.15) is 0 Å². The van der Waals surface area contributed by atoms with Crippen LogP contribution in [-0.4, -0.2) is 49.3 Å². The molecule has 0 aliphatic carbocycles. The van der Waals surface area contributed by atoms with Crippen molar-refractivity contribution in [3.8, 4) is 0 Å². The van der Waals surface area contributed by atoms with Gasteiger partial charge >= 0.3 is 0 Å². The van der Waals surface area contributed by atoms with Crippen LogP contribution in [0.1, 0.15) is 12.6 Å². The maximum absolute atomic E-state index is 5.99. The Kier molecular flexibility index (Phi) is 4.69. The van der Waals surface area contributed by atoms with E-state index in [1.807, 2.05) is 18.3 Å². The molecule has 2 N–H and O–H groups in total. The molecular weight excluding hydrogens is 226 g/mol. The van der Waals surface area contributed by atoms with Crippen molar-refractivity contribution in [2.45, 2.75) is 13.3 Å². The molecular formula is C14H23N3O. The molecule has 4 nitrogen and oxygen atoms in total. The Bertz CT molecular complexity index is 351. The van der Waals surface area contributed by atoms with Crippen LogP contribution in [0.15, 0.2) is 24.4 Å². The number of ether oxygens (including phenoxy) is 1. The Hall–Kier alpha value is -0.970. The third kappa shape index (κ3) is 3.77. The maximum Gasteiger partial charge on any atom is 0.0594 e. The summed E-state index contributed by atoms with van der Waals surface area (Å²) < 4.78 is 5.38. The predicted octanol–water partition coefficient (Wildman–Crippen LogP) is 0.921. The summed E-state index contributed by atoms with van der Waals surface area (Å²) in [4.78, 5) is 6.85. The van der Waals surface area contributed by atoms with E-state index in [9.17, 15) is 0 Å². The SMILES string of the molecule is CC(CN)(Cc1ccccn1)CN1CCOCC1. The first-order valence-corrected chi connectivity index (χ1v) is 6.62. The number of aromatic nitrogens is 1. The van der Waals surface area contributed by atoms with E-state index < -0.39 is 0 Å². The molecule has 18 heavy (non-hydrogen) atoms. The number of morpholine rings is 1. The summed E-state index contributed by atoms with van der Waals surface area (Å²) in [7, 11) is 0. The molecule has 0 amide bonds. The summed E-state index contributed by atoms with van der Waals surface area (Å²) >= 11 is 0. The lowest BCUT2D eigenvalue weighted by molar-refractivity contribution is 0.0197. The van der Waals surface area contributed by atoms with Gasteiger partial charge in [0.25, 0.3) is 0 Å². The molecule has 2 heterocycles. The van der Waals surface area contributed by atoms with E-state index in [1.165, 1.54) is 0 Å². The van der Waals surface area contributed by atoms with E-state index in [2.05, 4.69) is 22.9 Å². The molecule has 0 bridgehead atoms. The van der Waals surface area contributed by atoms with Crippen molar-refractivity contribution in [2.75, 3.05) is 39.4 Å². The van der Waals surface area contributed by atoms with E-state index in [1.54, 1.807) is 0 Å². The summed E-state index contributed by atoms with van der Waals surface area (Å²) in [6.07, 6.45) is 2.78. The van der Waals surface area contributed by atoms with E-state index in [0.717, 1.165) is 45.0 Å². The van der Waals surface area contributed by atoms with Crippen molar-refractivity contribution >= 4 is 0 Å². The summed E-state index contributed by atoms with van der Waals surface area (Å²) in [5.41, 5.74) is 7.20. The van der Waals surface area contributed by atoms with Gasteiger partial charge in [-0.25, -0.2) is 0 Å². The Balaban J connectivity index is 1.96. The Morgan fingerprint density at radius 3 is 2.78 bits per heavy atom. The third-order valence-electron chi connectivity index (χ3n) is 3.54. The van der Waals surface area contributed by atoms with E-state index in [4.69, 9.17) is 10.5 Å². The smallest absolute Gasteiger partial charge is 0.0594 e. The molecule has 0 spiro atoms. The first-order valence-electron chi connectivity index (χ1n) is 6.62. The highest BCUT2D eigenvalue weighted by atomic mass is 16.5. The molecule has 1 aliphatic heterocycles. The molecule has 1 unspecified atom stereocenters. The van der Waals surface area contributed by atoms with Crippen LogP contribution in [0.4, 0.5) is 0 Å². The van der Waals surface area contributed by atoms with E-state index >= 15 is 0 Å². The Labute approximate surface area is 109 Å². The molecule has 2 rings (SSSR count). The van der Waals surface area contributed by atoms with Crippen molar-refractivity contribution in [3.05, 3.63) is 30.1 Å². The quantitative estimate of drug-likeness (QED) is 0.843. The maximum atomic E-state index is 5.99. The molecule has 1 aliphatic rings. The second kappa shape index (κ2) is 6.27. The zero-order valence-electron chi connectivity index (χ0n) is 11.1. The molecule has 0 radical (unpaired) electrons. The topological polar surface area (TPSA) is 51.4 Å². The molecule has 0 saturated carbocycles. The van der Waals surface area contributed by atoms with Gasteiger partial charge in [-0.3, -0.25) is 9.88 Å². The first-order chi connectivity index (χ1) is 8.72. The largest absolute Gasteiger partial charge is 0.379 e. The second-order valence-electron chi connectivity index (χ2n) is 5.40. The fraction of sp³-hybridized carbons (Fsp3) is 0.643. The lowest BCUT2D eigenvalue weighted by Gasteiger charge is -2.36. The number of nitrogens with zero attached hydrogens (tertiary/aromatic N) is 2. The summed E-state index contributed by atoms with van der Waals surface area (Å²) in [6.45, 7) is 7.64. The third-order valence-corrected chi connectivity index (χ3v) is 3.54. The average Bonchev–Trinajstić information content (AvgIpc) is 2.41. The van der Waals surface area contributed by atoms with E-state index in [-0.39, 0.29) is 5.41 Å². The minimum atomic E-state index is 0.0890. The van der Waals surface area contributed by atoms with Crippen LogP contribution in [0.3, 0.4) is 0 Å². The fourth-order valence-corrected chi connectivity index (χ4v) is 2.43. The van der Waals surface area contributed by atoms with Crippen LogP contribution >= 0.6 is 0 Å². The van der Waals surface area contributed by atoms with Gasteiger partial charge < -0.3 is 10.5 Å². The Morgan fingerprint density at radius 1 is 1.39 bits per heavy atom. The number of nitrogens with two attached hydrogens (primary N) is 1. The molecule has 100 valence electrons. The van der Waals surface area contributed by atoms with Crippen molar-refractivity contribution in [1.29, 1.82) is 0 Å². The van der Waals surface area contributed by atoms with Crippen molar-refractivity contribution in [2.24, 2.45) is 11.1 Å². The van der Waals surface area contributed by atoms with Gasteiger partial charge in [0.2, 0.25) is 0 Å². The number of pyridine rings is 1. The van der Waals surface area contributed by atoms with Crippen LogP contribution in [0, 0.1) is 5.41 Å². The van der Waals surface area contributed by atoms with Crippen LogP contribution in [0.25, 0.3) is 0 Å². The van der Waals surface area contributed by atoms with Gasteiger partial charge in [0.05, 0.1) is 13.2 Å². The van der Waals surface area contributed by atoms with Crippen LogP contribution in [0.5, 0.6) is 0 Å². The van der Waals surface area contributed by atoms with Crippen molar-refractivity contribution in [3.63, 3.8) is 0 Å². The minimum Gasteiger partial charge on any atom is -0.379 e. The summed E-state index contributed by atoms with van der Waals surface area (Å²) in [5.74, 6) is 0. The van der Waals surface area contributed by atoms with Gasteiger partial charge in [0, 0.05) is 31.5 Å². The monoisotopic (exact) mass is 249 g/mol. The van der Waals surface area contributed by atoms with Gasteiger partial charge in [-0.15, -0.1) is 0 Å². The second-order valence-corrected chi connectivity index (χ2v) is 5.40. The van der Waals surface area contributed by atoms with E-state index in [0.29, 0.717) is 6.54 Å². The first kappa shape index (κ1) is 13.5. The van der Waals surface area contributed by atoms with Gasteiger partial charge in [-0.2, -0.15) is 0 Å². The zero-order valence-corrected chi connectivity index (χ0v) is 11.1. The van der Waals surface area contributed by atoms with Crippen LogP contribution in [0.2, 0.25) is 0 Å². The highest BCUT2D eigenvalue weighted by Gasteiger charge is 2.27. The number of rotatable bonds is 5. The lowest BCUT2D eigenvalue weighted by atomic mass is 9.84. The molecule has 1 aromatic rings. The molecule has 1 saturated heterocycles. The van der Waals surface area contributed by atoms with Crippen LogP contribution in [-0.2, 0) is 11.2 Å². The van der Waals surface area contributed by atoms with Gasteiger partial charge in [0.15, 0.2) is 0 Å². The summed E-state index contributed by atoms with van der Waals surface area (Å²) in [6, 6.07) is 6.06. The molecule has 1 aromatic heterocycles. The molecule has 0 aromatic carbocycles. The molecule has 1 fully saturated rings. The Morgan fingerprint density at radius 2 is 2.17 bits per heavy atom. The highest BCUT2D eigenvalue weighted by molar-refractivity contribution is 5.06. The van der Waals surface area contributed by atoms with Gasteiger partial charge in [-0.05, 0) is 30.5 Å². The van der Waals surface area contributed by atoms with Crippen molar-refractivity contribution in [1.82, 2.24) is 9.88 Å². The molecule has 1 atom stereocenters. The fourth-order valence-electron chi connectivity index (χ4n) is 2.43. The number of hydrogen-bond acceptors (Lipinski definition) is 4. The standard InChI is InChI=1S/C14H23N3O/c1-14(11-15,10-13-4-2-3-5-16-13)12-17-6-8-18-9-7-17/h2-5H,6-12,15H2,1H3. The number of hydrogen-bond donors (Lipinski definition) is 1.